The Bertz CT molecular complexity index is 102. The number of hydrogen-bond donors (Lipinski definition) is 1. The molecule has 0 spiro atoms. The molecule has 12 heavy (non-hydrogen) atoms. The molecule has 2 N–H and O–H groups in total. The van der Waals surface area contributed by atoms with Crippen LogP contribution in [0.25, 0.3) is 0 Å². The van der Waals surface area contributed by atoms with Gasteiger partial charge in [-0.1, -0.05) is 27.2 Å². The Hall–Kier alpha value is -0.370. The van der Waals surface area contributed by atoms with E-state index in [0.29, 0.717) is 0 Å². The molecule has 74 valence electrons. The molecule has 0 aromatic rings. The predicted octanol–water partition coefficient (Wildman–Crippen LogP) is 2.37. The van der Waals surface area contributed by atoms with Gasteiger partial charge < -0.3 is 5.73 Å². The molecule has 0 radical (unpaired) electrons. The fraction of sp³-hybridized carbons (Fsp3) is 0.900. The lowest BCUT2D eigenvalue weighted by molar-refractivity contribution is -0.120. The number of carbonyl (C=O) groups excluding carboxylic acids is 1. The molecule has 0 bridgehead atoms. The molecule has 2 heteroatoms. The minimum atomic E-state index is 0.228. The van der Waals surface area contributed by atoms with Crippen molar-refractivity contribution in [2.45, 2.75) is 47.0 Å². The normalized spacial score (nSPS) is 11.4. The number of hydrogen-bond acceptors (Lipinski definition) is 2. The maximum Gasteiger partial charge on any atom is 0.132 e. The van der Waals surface area contributed by atoms with Crippen molar-refractivity contribution in [2.75, 3.05) is 6.54 Å². The summed E-state index contributed by atoms with van der Waals surface area (Å²) in [6.07, 6.45) is 3.11. The van der Waals surface area contributed by atoms with Gasteiger partial charge in [-0.05, 0) is 26.3 Å². The van der Waals surface area contributed by atoms with E-state index in [1.54, 1.807) is 6.92 Å². The minimum Gasteiger partial charge on any atom is -0.330 e. The van der Waals surface area contributed by atoms with E-state index < -0.39 is 0 Å². The van der Waals surface area contributed by atoms with Crippen LogP contribution in [0.5, 0.6) is 0 Å². The van der Waals surface area contributed by atoms with Gasteiger partial charge in [-0.2, -0.15) is 0 Å². The monoisotopic (exact) mass is 173 g/mol. The van der Waals surface area contributed by atoms with E-state index in [1.165, 1.54) is 0 Å². The average Bonchev–Trinajstić information content (AvgIpc) is 2.08. The SMILES string of the molecule is CC.CC(=O)[C@@H](C)CCCCN. The predicted molar refractivity (Wildman–Crippen MR) is 54.1 cm³/mol. The lowest BCUT2D eigenvalue weighted by Crippen LogP contribution is -2.07. The number of rotatable bonds is 5. The van der Waals surface area contributed by atoms with Crippen molar-refractivity contribution in [3.8, 4) is 0 Å². The highest BCUT2D eigenvalue weighted by atomic mass is 16.1. The highest BCUT2D eigenvalue weighted by Gasteiger charge is 2.05. The van der Waals surface area contributed by atoms with Crippen LogP contribution >= 0.6 is 0 Å². The zero-order chi connectivity index (χ0) is 9.98. The summed E-state index contributed by atoms with van der Waals surface area (Å²) in [5.41, 5.74) is 5.31. The van der Waals surface area contributed by atoms with Gasteiger partial charge in [0.2, 0.25) is 0 Å². The van der Waals surface area contributed by atoms with Crippen LogP contribution in [0.2, 0.25) is 0 Å². The Morgan fingerprint density at radius 1 is 1.33 bits per heavy atom. The summed E-state index contributed by atoms with van der Waals surface area (Å²) < 4.78 is 0. The van der Waals surface area contributed by atoms with Crippen molar-refractivity contribution in [1.29, 1.82) is 0 Å². The Balaban J connectivity index is 0. The first-order valence-corrected chi connectivity index (χ1v) is 4.89. The maximum atomic E-state index is 10.7. The van der Waals surface area contributed by atoms with Crippen molar-refractivity contribution in [1.82, 2.24) is 0 Å². The van der Waals surface area contributed by atoms with Crippen LogP contribution in [-0.4, -0.2) is 12.3 Å². The number of ketones is 1. The molecule has 0 amide bonds. The molecule has 0 aromatic carbocycles. The van der Waals surface area contributed by atoms with Crippen molar-refractivity contribution < 1.29 is 4.79 Å². The lowest BCUT2D eigenvalue weighted by atomic mass is 10.0. The summed E-state index contributed by atoms with van der Waals surface area (Å²) in [6, 6.07) is 0. The Kier molecular flexibility index (Phi) is 12.6. The van der Waals surface area contributed by atoms with Gasteiger partial charge in [0.25, 0.3) is 0 Å². The second kappa shape index (κ2) is 10.6. The van der Waals surface area contributed by atoms with Gasteiger partial charge in [-0.15, -0.1) is 0 Å². The maximum absolute atomic E-state index is 10.7. The summed E-state index contributed by atoms with van der Waals surface area (Å²) in [4.78, 5) is 10.7. The summed E-state index contributed by atoms with van der Waals surface area (Å²) >= 11 is 0. The summed E-state index contributed by atoms with van der Waals surface area (Å²) in [5, 5.41) is 0. The first-order chi connectivity index (χ1) is 5.68. The topological polar surface area (TPSA) is 43.1 Å². The number of nitrogens with two attached hydrogens (primary N) is 1. The van der Waals surface area contributed by atoms with E-state index >= 15 is 0 Å². The molecule has 0 rings (SSSR count). The Morgan fingerprint density at radius 2 is 1.83 bits per heavy atom. The minimum absolute atomic E-state index is 0.228. The zero-order valence-electron chi connectivity index (χ0n) is 8.89. The second-order valence-corrected chi connectivity index (χ2v) is 2.80. The standard InChI is InChI=1S/C8H17NO.C2H6/c1-7(8(2)10)5-3-4-6-9;1-2/h7H,3-6,9H2,1-2H3;1-2H3/t7-;/m0./s1. The van der Waals surface area contributed by atoms with Crippen LogP contribution in [0.1, 0.15) is 47.0 Å². The first kappa shape index (κ1) is 14.2. The fourth-order valence-electron chi connectivity index (χ4n) is 0.798. The molecule has 2 nitrogen and oxygen atoms in total. The van der Waals surface area contributed by atoms with Gasteiger partial charge in [0.05, 0.1) is 0 Å². The molecule has 0 aliphatic rings. The van der Waals surface area contributed by atoms with Crippen LogP contribution < -0.4 is 5.73 Å². The van der Waals surface area contributed by atoms with E-state index in [2.05, 4.69) is 0 Å². The highest BCUT2D eigenvalue weighted by molar-refractivity contribution is 5.77. The van der Waals surface area contributed by atoms with Crippen molar-refractivity contribution in [3.05, 3.63) is 0 Å². The lowest BCUT2D eigenvalue weighted by Gasteiger charge is -2.04. The molecular formula is C10H23NO. The van der Waals surface area contributed by atoms with Crippen molar-refractivity contribution in [2.24, 2.45) is 11.7 Å². The van der Waals surface area contributed by atoms with Gasteiger partial charge in [-0.3, -0.25) is 4.79 Å². The van der Waals surface area contributed by atoms with Crippen LogP contribution in [0, 0.1) is 5.92 Å². The van der Waals surface area contributed by atoms with E-state index in [0.717, 1.165) is 25.8 Å². The molecule has 0 saturated carbocycles. The van der Waals surface area contributed by atoms with Gasteiger partial charge in [0.15, 0.2) is 0 Å². The largest absolute Gasteiger partial charge is 0.330 e. The summed E-state index contributed by atoms with van der Waals surface area (Å²) in [5.74, 6) is 0.517. The van der Waals surface area contributed by atoms with E-state index in [9.17, 15) is 4.79 Å². The molecule has 0 aliphatic heterocycles. The number of carbonyl (C=O) groups is 1. The number of unbranched alkanes of at least 4 members (excludes halogenated alkanes) is 1. The fourth-order valence-corrected chi connectivity index (χ4v) is 0.798. The quantitative estimate of drug-likeness (QED) is 0.649. The number of Topliss-reactive ketones (excluding diaryl/α,β-unsaturated/α-hetero) is 1. The second-order valence-electron chi connectivity index (χ2n) is 2.80. The highest BCUT2D eigenvalue weighted by Crippen LogP contribution is 2.07. The van der Waals surface area contributed by atoms with Crippen LogP contribution in [-0.2, 0) is 4.79 Å². The molecule has 0 fully saturated rings. The Morgan fingerprint density at radius 3 is 2.17 bits per heavy atom. The van der Waals surface area contributed by atoms with Crippen molar-refractivity contribution >= 4 is 5.78 Å². The van der Waals surface area contributed by atoms with Gasteiger partial charge in [0.1, 0.15) is 5.78 Å². The summed E-state index contributed by atoms with van der Waals surface area (Å²) in [7, 11) is 0. The van der Waals surface area contributed by atoms with Crippen molar-refractivity contribution in [3.63, 3.8) is 0 Å². The molecule has 0 heterocycles. The zero-order valence-corrected chi connectivity index (χ0v) is 8.89. The molecule has 0 aliphatic carbocycles. The molecular weight excluding hydrogens is 150 g/mol. The third-order valence-electron chi connectivity index (χ3n) is 1.79. The van der Waals surface area contributed by atoms with Crippen LogP contribution in [0.15, 0.2) is 0 Å². The molecule has 0 saturated heterocycles. The van der Waals surface area contributed by atoms with Crippen LogP contribution in [0.4, 0.5) is 0 Å². The smallest absolute Gasteiger partial charge is 0.132 e. The van der Waals surface area contributed by atoms with E-state index in [4.69, 9.17) is 5.73 Å². The third kappa shape index (κ3) is 9.63. The summed E-state index contributed by atoms with van der Waals surface area (Å²) in [6.45, 7) is 8.36. The third-order valence-corrected chi connectivity index (χ3v) is 1.79. The molecule has 0 aromatic heterocycles. The van der Waals surface area contributed by atoms with Crippen LogP contribution in [0.3, 0.4) is 0 Å². The first-order valence-electron chi connectivity index (χ1n) is 4.89. The Labute approximate surface area is 76.5 Å². The van der Waals surface area contributed by atoms with E-state index in [1.807, 2.05) is 20.8 Å². The van der Waals surface area contributed by atoms with Gasteiger partial charge in [-0.25, -0.2) is 0 Å². The van der Waals surface area contributed by atoms with Gasteiger partial charge in [0, 0.05) is 5.92 Å². The van der Waals surface area contributed by atoms with E-state index in [-0.39, 0.29) is 11.7 Å². The average molecular weight is 173 g/mol. The molecule has 1 atom stereocenters. The van der Waals surface area contributed by atoms with Gasteiger partial charge >= 0.3 is 0 Å². The molecule has 0 unspecified atom stereocenters.